The average Bonchev–Trinajstić information content (AvgIpc) is 3.24. The maximum absolute atomic E-state index is 11.1. The number of aliphatic hydroxyl groups excluding tert-OH is 7. The quantitative estimate of drug-likeness (QED) is 0.117. The number of hydrogen-bond acceptors (Lipinski definition) is 18. The molecule has 18 heteroatoms. The minimum absolute atomic E-state index is 0.0647. The molecule has 0 aromatic heterocycles. The zero-order chi connectivity index (χ0) is 30.2. The van der Waals surface area contributed by atoms with Gasteiger partial charge < -0.3 is 92.8 Å². The Morgan fingerprint density at radius 2 is 1.15 bits per heavy atom. The van der Waals surface area contributed by atoms with Crippen molar-refractivity contribution in [1.82, 2.24) is 0 Å². The lowest BCUT2D eigenvalue weighted by molar-refractivity contribution is -0.298. The summed E-state index contributed by atoms with van der Waals surface area (Å²) in [6.45, 7) is -1.27. The van der Waals surface area contributed by atoms with Gasteiger partial charge in [0.25, 0.3) is 0 Å². The van der Waals surface area contributed by atoms with Crippen LogP contribution in [0.4, 0.5) is 0 Å². The third-order valence-corrected chi connectivity index (χ3v) is 8.17. The summed E-state index contributed by atoms with van der Waals surface area (Å²) in [6, 6.07) is -3.65. The first kappa shape index (κ1) is 33.2. The van der Waals surface area contributed by atoms with Gasteiger partial charge in [-0.25, -0.2) is 0 Å². The van der Waals surface area contributed by atoms with E-state index < -0.39 is 123 Å². The van der Waals surface area contributed by atoms with Crippen LogP contribution < -0.4 is 28.7 Å². The topological polar surface area (TPSA) is 327 Å². The van der Waals surface area contributed by atoms with Crippen molar-refractivity contribution < 1.29 is 64.2 Å². The van der Waals surface area contributed by atoms with Gasteiger partial charge in [-0.2, -0.15) is 0 Å². The van der Waals surface area contributed by atoms with Crippen molar-refractivity contribution in [2.45, 2.75) is 123 Å². The predicted octanol–water partition coefficient (Wildman–Crippen LogP) is -7.83. The molecular formula is C23H45N5O13. The molecule has 1 aliphatic carbocycles. The van der Waals surface area contributed by atoms with E-state index in [-0.39, 0.29) is 19.4 Å². The maximum Gasteiger partial charge on any atom is 0.187 e. The van der Waals surface area contributed by atoms with E-state index in [1.54, 1.807) is 0 Å². The van der Waals surface area contributed by atoms with Crippen molar-refractivity contribution in [2.24, 2.45) is 28.7 Å². The number of rotatable bonds is 9. The van der Waals surface area contributed by atoms with Crippen LogP contribution in [0.2, 0.25) is 0 Å². The average molecular weight is 600 g/mol. The van der Waals surface area contributed by atoms with Crippen LogP contribution >= 0.6 is 0 Å². The molecule has 18 nitrogen and oxygen atoms in total. The van der Waals surface area contributed by atoms with Crippen LogP contribution in [-0.2, 0) is 28.4 Å². The van der Waals surface area contributed by atoms with E-state index in [9.17, 15) is 35.7 Å². The molecule has 4 fully saturated rings. The summed E-state index contributed by atoms with van der Waals surface area (Å²) in [5, 5.41) is 72.0. The zero-order valence-corrected chi connectivity index (χ0v) is 22.4. The highest BCUT2D eigenvalue weighted by molar-refractivity contribution is 5.01. The van der Waals surface area contributed by atoms with Gasteiger partial charge >= 0.3 is 0 Å². The Bertz CT molecular complexity index is 837. The van der Waals surface area contributed by atoms with Crippen LogP contribution in [0.1, 0.15) is 12.8 Å². The Morgan fingerprint density at radius 3 is 1.78 bits per heavy atom. The summed E-state index contributed by atoms with van der Waals surface area (Å²) in [5.74, 6) is 0. The molecule has 0 radical (unpaired) electrons. The van der Waals surface area contributed by atoms with E-state index in [2.05, 4.69) is 0 Å². The van der Waals surface area contributed by atoms with Crippen LogP contribution in [0.3, 0.4) is 0 Å². The molecule has 3 heterocycles. The van der Waals surface area contributed by atoms with Crippen molar-refractivity contribution in [3.8, 4) is 0 Å². The minimum Gasteiger partial charge on any atom is -0.394 e. The minimum atomic E-state index is -1.58. The molecule has 0 unspecified atom stereocenters. The molecule has 0 spiro atoms. The van der Waals surface area contributed by atoms with Crippen molar-refractivity contribution >= 4 is 0 Å². The Hall–Kier alpha value is -0.720. The van der Waals surface area contributed by atoms with Gasteiger partial charge in [-0.1, -0.05) is 0 Å². The van der Waals surface area contributed by atoms with Gasteiger partial charge in [-0.05, 0) is 12.8 Å². The van der Waals surface area contributed by atoms with Gasteiger partial charge in [0.15, 0.2) is 18.9 Å². The van der Waals surface area contributed by atoms with E-state index in [0.29, 0.717) is 0 Å². The third kappa shape index (κ3) is 6.85. The van der Waals surface area contributed by atoms with Crippen molar-refractivity contribution in [1.29, 1.82) is 0 Å². The van der Waals surface area contributed by atoms with Gasteiger partial charge in [0.05, 0.1) is 37.5 Å². The summed E-state index contributed by atoms with van der Waals surface area (Å²) >= 11 is 0. The molecule has 3 saturated heterocycles. The summed E-state index contributed by atoms with van der Waals surface area (Å²) in [5.41, 5.74) is 30.1. The van der Waals surface area contributed by atoms with Crippen LogP contribution in [0.5, 0.6) is 0 Å². The lowest BCUT2D eigenvalue weighted by atomic mass is 9.84. The number of aliphatic hydroxyl groups is 7. The molecule has 3 aliphatic heterocycles. The van der Waals surface area contributed by atoms with Gasteiger partial charge in [0.2, 0.25) is 0 Å². The fourth-order valence-electron chi connectivity index (χ4n) is 5.68. The van der Waals surface area contributed by atoms with Gasteiger partial charge in [0, 0.05) is 18.6 Å². The van der Waals surface area contributed by atoms with Crippen LogP contribution in [0, 0.1) is 0 Å². The van der Waals surface area contributed by atoms with Crippen molar-refractivity contribution in [3.63, 3.8) is 0 Å². The summed E-state index contributed by atoms with van der Waals surface area (Å²) in [4.78, 5) is 0. The fraction of sp³-hybridized carbons (Fsp3) is 1.00. The zero-order valence-electron chi connectivity index (χ0n) is 22.4. The Morgan fingerprint density at radius 1 is 0.561 bits per heavy atom. The van der Waals surface area contributed by atoms with Crippen molar-refractivity contribution in [3.05, 3.63) is 0 Å². The molecule has 0 amide bonds. The second-order valence-electron chi connectivity index (χ2n) is 11.1. The van der Waals surface area contributed by atoms with E-state index in [1.807, 2.05) is 0 Å². The molecular weight excluding hydrogens is 554 g/mol. The lowest BCUT2D eigenvalue weighted by Crippen LogP contribution is -2.66. The third-order valence-electron chi connectivity index (χ3n) is 8.17. The highest BCUT2D eigenvalue weighted by Gasteiger charge is 2.53. The maximum atomic E-state index is 11.1. The number of ether oxygens (including phenoxy) is 6. The number of hydrogen-bond donors (Lipinski definition) is 12. The molecule has 240 valence electrons. The van der Waals surface area contributed by atoms with Gasteiger partial charge in [0.1, 0.15) is 54.9 Å². The second kappa shape index (κ2) is 13.9. The van der Waals surface area contributed by atoms with Gasteiger partial charge in [-0.3, -0.25) is 0 Å². The molecule has 1 saturated carbocycles. The van der Waals surface area contributed by atoms with E-state index >= 15 is 0 Å². The monoisotopic (exact) mass is 599 g/mol. The SMILES string of the molecule is NC[C@@H]1O[C@H](O[C@H]2[C@@H](O)[C@H](O[C@@H]3[C@@H](O)[C@H](N)C[C@H](N)[C@H]3O[C@H]3O[C@H](CO)[C@@H](O)C[C@H]3N)O[C@@H]2CO)[C@H](N)[C@@H](O)[C@@H]1O. The first-order valence-corrected chi connectivity index (χ1v) is 13.7. The molecule has 41 heavy (non-hydrogen) atoms. The Balaban J connectivity index is 1.48. The Kier molecular flexibility index (Phi) is 11.3. The number of nitrogens with two attached hydrogens (primary N) is 5. The standard InChI is InChI=1S/C23H45N5O13/c24-3-10-15(33)16(34)13(28)22(36-10)40-19-12(5-30)38-23(17(19)35)41-20-14(32)6(25)1-7(26)18(20)39-21-8(27)2-9(31)11(4-29)37-21/h6-23,29-35H,1-5,24-28H2/t6-,7+,8-,9+,10+,11-,12-,13-,14+,15-,16-,17-,18-,19-,20-,21-,22-,23+/m1/s1. The summed E-state index contributed by atoms with van der Waals surface area (Å²) in [6.07, 6.45) is -17.3. The normalized spacial score (nSPS) is 53.0. The van der Waals surface area contributed by atoms with Crippen LogP contribution in [0.25, 0.3) is 0 Å². The van der Waals surface area contributed by atoms with Crippen LogP contribution in [-0.4, -0.2) is 166 Å². The van der Waals surface area contributed by atoms with E-state index in [4.69, 9.17) is 57.1 Å². The van der Waals surface area contributed by atoms with Crippen molar-refractivity contribution in [2.75, 3.05) is 19.8 Å². The smallest absolute Gasteiger partial charge is 0.187 e. The molecule has 4 aliphatic rings. The van der Waals surface area contributed by atoms with Gasteiger partial charge in [-0.15, -0.1) is 0 Å². The first-order valence-electron chi connectivity index (χ1n) is 13.7. The van der Waals surface area contributed by atoms with E-state index in [1.165, 1.54) is 0 Å². The van der Waals surface area contributed by atoms with Crippen LogP contribution in [0.15, 0.2) is 0 Å². The summed E-state index contributed by atoms with van der Waals surface area (Å²) < 4.78 is 34.7. The second-order valence-corrected chi connectivity index (χ2v) is 11.1. The predicted molar refractivity (Wildman–Crippen MR) is 135 cm³/mol. The molecule has 0 aromatic rings. The highest BCUT2D eigenvalue weighted by Crippen LogP contribution is 2.34. The molecule has 0 aromatic carbocycles. The molecule has 18 atom stereocenters. The fourth-order valence-corrected chi connectivity index (χ4v) is 5.68. The molecule has 4 rings (SSSR count). The summed E-state index contributed by atoms with van der Waals surface area (Å²) in [7, 11) is 0. The highest BCUT2D eigenvalue weighted by atomic mass is 16.8. The Labute approximate surface area is 236 Å². The lowest BCUT2D eigenvalue weighted by Gasteiger charge is -2.46. The van der Waals surface area contributed by atoms with E-state index in [0.717, 1.165) is 0 Å². The largest absolute Gasteiger partial charge is 0.394 e. The molecule has 17 N–H and O–H groups in total. The first-order chi connectivity index (χ1) is 19.4. The molecule has 0 bridgehead atoms.